The third-order valence-corrected chi connectivity index (χ3v) is 4.83. The van der Waals surface area contributed by atoms with Crippen molar-refractivity contribution >= 4 is 26.9 Å². The molecule has 0 heterocycles. The molecule has 0 radical (unpaired) electrons. The van der Waals surface area contributed by atoms with Gasteiger partial charge in [-0.1, -0.05) is 54.1 Å². The zero-order valence-corrected chi connectivity index (χ0v) is 13.7. The van der Waals surface area contributed by atoms with Crippen LogP contribution >= 0.6 is 0 Å². The first-order valence-electron chi connectivity index (χ1n) is 7.25. The van der Waals surface area contributed by atoms with Crippen LogP contribution in [0.5, 0.6) is 5.75 Å². The molecule has 1 amide bonds. The number of aryl methyl sites for hydroxylation is 1. The van der Waals surface area contributed by atoms with Gasteiger partial charge in [0.2, 0.25) is 0 Å². The standard InChI is InChI=1S/C18H15NO4S/c1-13-9-11-15(12-10-13)24(21,22)19-18(20)23-17-8-4-6-14-5-2-3-7-16(14)17/h2-12H,1H3,(H,19,20). The van der Waals surface area contributed by atoms with E-state index in [0.29, 0.717) is 5.75 Å². The van der Waals surface area contributed by atoms with E-state index in [1.165, 1.54) is 12.1 Å². The lowest BCUT2D eigenvalue weighted by atomic mass is 10.1. The van der Waals surface area contributed by atoms with Crippen molar-refractivity contribution in [1.29, 1.82) is 0 Å². The summed E-state index contributed by atoms with van der Waals surface area (Å²) in [7, 11) is -3.97. The van der Waals surface area contributed by atoms with E-state index in [0.717, 1.165) is 16.3 Å². The lowest BCUT2D eigenvalue weighted by Gasteiger charge is -2.10. The number of hydrogen-bond donors (Lipinski definition) is 1. The summed E-state index contributed by atoms with van der Waals surface area (Å²) in [6.07, 6.45) is -1.05. The zero-order chi connectivity index (χ0) is 17.2. The van der Waals surface area contributed by atoms with E-state index in [2.05, 4.69) is 0 Å². The largest absolute Gasteiger partial charge is 0.426 e. The van der Waals surface area contributed by atoms with Crippen LogP contribution < -0.4 is 9.46 Å². The second kappa shape index (κ2) is 6.33. The summed E-state index contributed by atoms with van der Waals surface area (Å²) in [5, 5.41) is 1.62. The van der Waals surface area contributed by atoms with Gasteiger partial charge in [0.15, 0.2) is 0 Å². The summed E-state index contributed by atoms with van der Waals surface area (Å²) in [6, 6.07) is 18.8. The fourth-order valence-corrected chi connectivity index (χ4v) is 3.16. The van der Waals surface area contributed by atoms with Crippen LogP contribution in [0.3, 0.4) is 0 Å². The molecule has 0 fully saturated rings. The number of carbonyl (C=O) groups is 1. The monoisotopic (exact) mass is 341 g/mol. The van der Waals surface area contributed by atoms with Crippen LogP contribution in [0.15, 0.2) is 71.6 Å². The summed E-state index contributed by atoms with van der Waals surface area (Å²) >= 11 is 0. The summed E-state index contributed by atoms with van der Waals surface area (Å²) < 4.78 is 31.5. The van der Waals surface area contributed by atoms with Gasteiger partial charge in [-0.2, -0.15) is 0 Å². The Morgan fingerprint density at radius 1 is 0.917 bits per heavy atom. The van der Waals surface area contributed by atoms with Crippen LogP contribution in [-0.2, 0) is 10.0 Å². The first-order chi connectivity index (χ1) is 11.5. The maximum absolute atomic E-state index is 12.2. The van der Waals surface area contributed by atoms with Crippen molar-refractivity contribution in [1.82, 2.24) is 4.72 Å². The van der Waals surface area contributed by atoms with Gasteiger partial charge in [-0.05, 0) is 30.5 Å². The summed E-state index contributed by atoms with van der Waals surface area (Å²) in [5.74, 6) is 0.296. The number of ether oxygens (including phenoxy) is 1. The highest BCUT2D eigenvalue weighted by molar-refractivity contribution is 7.90. The van der Waals surface area contributed by atoms with E-state index >= 15 is 0 Å². The molecule has 0 spiro atoms. The topological polar surface area (TPSA) is 72.5 Å². The van der Waals surface area contributed by atoms with E-state index in [9.17, 15) is 13.2 Å². The molecular weight excluding hydrogens is 326 g/mol. The number of rotatable bonds is 3. The van der Waals surface area contributed by atoms with Crippen LogP contribution in [-0.4, -0.2) is 14.5 Å². The van der Waals surface area contributed by atoms with Crippen LogP contribution in [0, 0.1) is 6.92 Å². The Kier molecular flexibility index (Phi) is 4.22. The Bertz CT molecular complexity index is 990. The average Bonchev–Trinajstić information content (AvgIpc) is 2.55. The summed E-state index contributed by atoms with van der Waals surface area (Å²) in [4.78, 5) is 12.0. The predicted octanol–water partition coefficient (Wildman–Crippen LogP) is 3.63. The fraction of sp³-hybridized carbons (Fsp3) is 0.0556. The predicted molar refractivity (Wildman–Crippen MR) is 91.5 cm³/mol. The number of sulfonamides is 1. The minimum Gasteiger partial charge on any atom is -0.409 e. The molecule has 5 nitrogen and oxygen atoms in total. The maximum Gasteiger partial charge on any atom is 0.426 e. The number of nitrogens with one attached hydrogen (secondary N) is 1. The van der Waals surface area contributed by atoms with Crippen LogP contribution in [0.2, 0.25) is 0 Å². The molecule has 0 atom stereocenters. The van der Waals surface area contributed by atoms with Crippen molar-refractivity contribution in [2.75, 3.05) is 0 Å². The Labute approximate surface area is 139 Å². The molecule has 24 heavy (non-hydrogen) atoms. The first kappa shape index (κ1) is 16.0. The van der Waals surface area contributed by atoms with Crippen molar-refractivity contribution in [2.24, 2.45) is 0 Å². The third kappa shape index (κ3) is 3.38. The molecule has 0 aromatic heterocycles. The fourth-order valence-electron chi connectivity index (χ4n) is 2.29. The van der Waals surface area contributed by atoms with Gasteiger partial charge in [-0.15, -0.1) is 0 Å². The Hall–Kier alpha value is -2.86. The summed E-state index contributed by atoms with van der Waals surface area (Å²) in [6.45, 7) is 1.85. The normalized spacial score (nSPS) is 11.2. The van der Waals surface area contributed by atoms with Gasteiger partial charge in [0, 0.05) is 5.39 Å². The highest BCUT2D eigenvalue weighted by atomic mass is 32.2. The minimum absolute atomic E-state index is 0.00275. The SMILES string of the molecule is Cc1ccc(S(=O)(=O)NC(=O)Oc2cccc3ccccc23)cc1. The minimum atomic E-state index is -3.97. The van der Waals surface area contributed by atoms with Gasteiger partial charge in [0.25, 0.3) is 10.0 Å². The molecule has 3 aromatic carbocycles. The van der Waals surface area contributed by atoms with Gasteiger partial charge in [0.1, 0.15) is 5.75 Å². The first-order valence-corrected chi connectivity index (χ1v) is 8.73. The zero-order valence-electron chi connectivity index (χ0n) is 12.9. The van der Waals surface area contributed by atoms with Crippen molar-refractivity contribution < 1.29 is 17.9 Å². The molecule has 3 aromatic rings. The third-order valence-electron chi connectivity index (χ3n) is 3.50. The van der Waals surface area contributed by atoms with Crippen molar-refractivity contribution in [3.63, 3.8) is 0 Å². The van der Waals surface area contributed by atoms with E-state index in [4.69, 9.17) is 4.74 Å². The van der Waals surface area contributed by atoms with Crippen molar-refractivity contribution in [3.05, 3.63) is 72.3 Å². The summed E-state index contributed by atoms with van der Waals surface area (Å²) in [5.41, 5.74) is 0.923. The molecule has 6 heteroatoms. The molecule has 0 saturated heterocycles. The van der Waals surface area contributed by atoms with E-state index in [1.807, 2.05) is 35.9 Å². The van der Waals surface area contributed by atoms with Gasteiger partial charge < -0.3 is 4.74 Å². The molecular formula is C18H15NO4S. The maximum atomic E-state index is 12.2. The number of benzene rings is 3. The number of carbonyl (C=O) groups excluding carboxylic acids is 1. The van der Waals surface area contributed by atoms with Crippen molar-refractivity contribution in [2.45, 2.75) is 11.8 Å². The van der Waals surface area contributed by atoms with Gasteiger partial charge in [-0.3, -0.25) is 0 Å². The van der Waals surface area contributed by atoms with E-state index < -0.39 is 16.1 Å². The van der Waals surface area contributed by atoms with Gasteiger partial charge in [0.05, 0.1) is 4.90 Å². The quantitative estimate of drug-likeness (QED) is 0.789. The lowest BCUT2D eigenvalue weighted by Crippen LogP contribution is -2.33. The molecule has 0 unspecified atom stereocenters. The van der Waals surface area contributed by atoms with Gasteiger partial charge >= 0.3 is 6.09 Å². The molecule has 0 aliphatic carbocycles. The van der Waals surface area contributed by atoms with Crippen LogP contribution in [0.4, 0.5) is 4.79 Å². The molecule has 1 N–H and O–H groups in total. The smallest absolute Gasteiger partial charge is 0.409 e. The molecule has 122 valence electrons. The highest BCUT2D eigenvalue weighted by Gasteiger charge is 2.19. The molecule has 3 rings (SSSR count). The van der Waals surface area contributed by atoms with E-state index in [-0.39, 0.29) is 4.90 Å². The van der Waals surface area contributed by atoms with Gasteiger partial charge in [-0.25, -0.2) is 17.9 Å². The Morgan fingerprint density at radius 2 is 1.58 bits per heavy atom. The average molecular weight is 341 g/mol. The molecule has 0 saturated carbocycles. The number of amides is 1. The number of fused-ring (bicyclic) bond motifs is 1. The Morgan fingerprint density at radius 3 is 2.33 bits per heavy atom. The Balaban J connectivity index is 1.81. The number of hydrogen-bond acceptors (Lipinski definition) is 4. The second-order valence-electron chi connectivity index (χ2n) is 5.29. The van der Waals surface area contributed by atoms with Crippen LogP contribution in [0.1, 0.15) is 5.56 Å². The van der Waals surface area contributed by atoms with E-state index in [1.54, 1.807) is 30.3 Å². The molecule has 0 aliphatic rings. The van der Waals surface area contributed by atoms with Crippen molar-refractivity contribution in [3.8, 4) is 5.75 Å². The highest BCUT2D eigenvalue weighted by Crippen LogP contribution is 2.25. The molecule has 0 aliphatic heterocycles. The van der Waals surface area contributed by atoms with Crippen LogP contribution in [0.25, 0.3) is 10.8 Å². The lowest BCUT2D eigenvalue weighted by molar-refractivity contribution is 0.207. The second-order valence-corrected chi connectivity index (χ2v) is 6.97. The molecule has 0 bridgehead atoms.